The van der Waals surface area contributed by atoms with E-state index in [4.69, 9.17) is 9.11 Å². The van der Waals surface area contributed by atoms with Gasteiger partial charge in [0.25, 0.3) is 0 Å². The van der Waals surface area contributed by atoms with Gasteiger partial charge in [-0.25, -0.2) is 0 Å². The molecule has 0 heterocycles. The third-order valence-electron chi connectivity index (χ3n) is 0.144. The molecule has 0 saturated carbocycles. The molecule has 4 nitrogen and oxygen atoms in total. The van der Waals surface area contributed by atoms with Gasteiger partial charge in [-0.15, -0.1) is 0 Å². The van der Waals surface area contributed by atoms with Gasteiger partial charge in [-0.3, -0.25) is 0 Å². The van der Waals surface area contributed by atoms with Gasteiger partial charge in [0.15, 0.2) is 0 Å². The third kappa shape index (κ3) is 7.26. The van der Waals surface area contributed by atoms with Crippen LogP contribution in [0.5, 0.6) is 0 Å². The Morgan fingerprint density at radius 2 is 1.25 bits per heavy atom. The molecule has 2 N–H and O–H groups in total. The van der Waals surface area contributed by atoms with Gasteiger partial charge in [-0.1, -0.05) is 0 Å². The van der Waals surface area contributed by atoms with Crippen LogP contribution in [0.1, 0.15) is 0 Å². The average molecular weight is 288 g/mol. The summed E-state index contributed by atoms with van der Waals surface area (Å²) in [4.78, 5) is 0. The maximum atomic E-state index is 9.81. The predicted octanol–water partition coefficient (Wildman–Crippen LogP) is -1.42. The first kappa shape index (κ1) is 9.26. The second-order valence-electron chi connectivity index (χ2n) is 0.570. The monoisotopic (exact) mass is 290 g/mol. The molecule has 0 rings (SSSR count). The first-order valence-corrected chi connectivity index (χ1v) is 11.8. The summed E-state index contributed by atoms with van der Waals surface area (Å²) in [5.41, 5.74) is 0. The van der Waals surface area contributed by atoms with E-state index in [9.17, 15) is 8.42 Å². The molecule has 0 saturated heterocycles. The zero-order chi connectivity index (χ0) is 6.57. The normalized spacial score (nSPS) is 17.8. The first-order chi connectivity index (χ1) is 3.63. The van der Waals surface area contributed by atoms with Crippen molar-refractivity contribution < 1.29 is 17.5 Å². The Morgan fingerprint density at radius 3 is 1.38 bits per heavy atom. The van der Waals surface area contributed by atoms with E-state index < -0.39 is 43.0 Å². The van der Waals surface area contributed by atoms with E-state index in [1.54, 1.807) is 0 Å². The molecular formula is H2O4S2Se2. The van der Waals surface area contributed by atoms with E-state index in [1.165, 1.54) is 0 Å². The van der Waals surface area contributed by atoms with Gasteiger partial charge in [-0.05, 0) is 0 Å². The summed E-state index contributed by atoms with van der Waals surface area (Å²) in [7, 11) is -3.70. The number of hydrogen-bond donors (Lipinski definition) is 2. The minimum absolute atomic E-state index is 0.563. The van der Waals surface area contributed by atoms with Gasteiger partial charge in [0.05, 0.1) is 0 Å². The van der Waals surface area contributed by atoms with Crippen LogP contribution in [0.25, 0.3) is 0 Å². The molecule has 0 bridgehead atoms. The van der Waals surface area contributed by atoms with Gasteiger partial charge >= 0.3 is 60.5 Å². The van der Waals surface area contributed by atoms with Gasteiger partial charge in [0, 0.05) is 0 Å². The summed E-state index contributed by atoms with van der Waals surface area (Å²) >= 11 is -1.13. The Labute approximate surface area is 60.4 Å². The summed E-state index contributed by atoms with van der Waals surface area (Å²) in [5, 5.41) is 0. The molecule has 2 atom stereocenters. The van der Waals surface area contributed by atoms with Crippen molar-refractivity contribution in [3.8, 4) is 0 Å². The Bertz CT molecular complexity index is 96.6. The van der Waals surface area contributed by atoms with Gasteiger partial charge in [0.1, 0.15) is 0 Å². The van der Waals surface area contributed by atoms with Crippen molar-refractivity contribution in [1.29, 1.82) is 0 Å². The van der Waals surface area contributed by atoms with Crippen LogP contribution in [-0.4, -0.2) is 41.5 Å². The second kappa shape index (κ2) is 5.08. The molecule has 0 aromatic rings. The van der Waals surface area contributed by atoms with Gasteiger partial charge < -0.3 is 0 Å². The van der Waals surface area contributed by atoms with Crippen LogP contribution in [0.2, 0.25) is 0 Å². The summed E-state index contributed by atoms with van der Waals surface area (Å²) < 4.78 is 35.8. The molecule has 0 fully saturated rings. The zero-order valence-electron chi connectivity index (χ0n) is 3.34. The predicted molar refractivity (Wildman–Crippen MR) is 33.1 cm³/mol. The van der Waals surface area contributed by atoms with Crippen LogP contribution >= 0.6 is 0 Å². The van der Waals surface area contributed by atoms with Crippen molar-refractivity contribution in [3.05, 3.63) is 0 Å². The zero-order valence-corrected chi connectivity index (χ0v) is 8.40. The van der Waals surface area contributed by atoms with Crippen molar-refractivity contribution in [1.82, 2.24) is 0 Å². The van der Waals surface area contributed by atoms with Crippen molar-refractivity contribution in [3.63, 3.8) is 0 Å². The van der Waals surface area contributed by atoms with Gasteiger partial charge in [0.2, 0.25) is 0 Å². The molecule has 0 amide bonds. The van der Waals surface area contributed by atoms with Crippen molar-refractivity contribution >= 4 is 43.0 Å². The average Bonchev–Trinajstić information content (AvgIpc) is 1.61. The molecule has 0 aromatic heterocycles. The molecular weight excluding hydrogens is 286 g/mol. The Hall–Kier alpha value is 1.26. The van der Waals surface area contributed by atoms with Crippen LogP contribution in [0.15, 0.2) is 0 Å². The van der Waals surface area contributed by atoms with Crippen LogP contribution in [-0.2, 0) is 19.0 Å². The van der Waals surface area contributed by atoms with E-state index in [1.807, 2.05) is 0 Å². The fraction of sp³-hybridized carbons (Fsp3) is 0. The van der Waals surface area contributed by atoms with Crippen LogP contribution in [0, 0.1) is 0 Å². The molecule has 8 heteroatoms. The number of hydrogen-bond acceptors (Lipinski definition) is 2. The SMILES string of the molecule is O=S(O)[Se][Se]S(=O)O. The Morgan fingerprint density at radius 1 is 1.00 bits per heavy atom. The van der Waals surface area contributed by atoms with Crippen molar-refractivity contribution in [2.24, 2.45) is 0 Å². The van der Waals surface area contributed by atoms with Gasteiger partial charge in [-0.2, -0.15) is 0 Å². The molecule has 0 aliphatic carbocycles. The molecule has 2 unspecified atom stereocenters. The molecule has 8 heavy (non-hydrogen) atoms. The Balaban J connectivity index is 3.18. The molecule has 0 spiro atoms. The maximum absolute atomic E-state index is 9.81. The standard InChI is InChI=1S/H2O4S2Se2/c1-5(2)7-8-6(3)4/h(H,1,2)(H,3,4). The summed E-state index contributed by atoms with van der Waals surface area (Å²) in [5.74, 6) is 0. The first-order valence-electron chi connectivity index (χ1n) is 1.20. The molecule has 0 aliphatic rings. The summed E-state index contributed by atoms with van der Waals surface area (Å²) in [6.07, 6.45) is 0. The van der Waals surface area contributed by atoms with E-state index >= 15 is 0 Å². The number of rotatable bonds is 3. The molecule has 0 aromatic carbocycles. The molecule has 0 radical (unpaired) electrons. The minimum atomic E-state index is -1.85. The van der Waals surface area contributed by atoms with E-state index in [0.29, 0.717) is 0 Å². The van der Waals surface area contributed by atoms with E-state index in [0.717, 1.165) is 0 Å². The van der Waals surface area contributed by atoms with Crippen molar-refractivity contribution in [2.75, 3.05) is 0 Å². The van der Waals surface area contributed by atoms with E-state index in [-0.39, 0.29) is 0 Å². The van der Waals surface area contributed by atoms with Crippen LogP contribution < -0.4 is 0 Å². The second-order valence-corrected chi connectivity index (χ2v) is 15.9. The topological polar surface area (TPSA) is 74.6 Å². The van der Waals surface area contributed by atoms with Crippen LogP contribution in [0.4, 0.5) is 0 Å². The van der Waals surface area contributed by atoms with Crippen molar-refractivity contribution in [2.45, 2.75) is 0 Å². The van der Waals surface area contributed by atoms with Crippen LogP contribution in [0.3, 0.4) is 0 Å². The molecule has 0 aliphatic heterocycles. The third-order valence-corrected chi connectivity index (χ3v) is 16.2. The fourth-order valence-corrected chi connectivity index (χ4v) is 11.5. The Kier molecular flexibility index (Phi) is 5.88. The summed E-state index contributed by atoms with van der Waals surface area (Å²) in [6.45, 7) is 0. The fourth-order valence-electron chi connectivity index (χ4n) is 0.0475. The summed E-state index contributed by atoms with van der Waals surface area (Å²) in [6, 6.07) is 0. The molecule has 50 valence electrons. The quantitative estimate of drug-likeness (QED) is 0.494. The van der Waals surface area contributed by atoms with E-state index in [2.05, 4.69) is 0 Å².